The van der Waals surface area contributed by atoms with Crippen molar-refractivity contribution < 1.29 is 0 Å². The van der Waals surface area contributed by atoms with Crippen LogP contribution < -0.4 is 5.32 Å². The molecular formula is C13H13N3. The highest BCUT2D eigenvalue weighted by atomic mass is 15.1. The molecule has 0 amide bonds. The first kappa shape index (κ1) is 10.4. The van der Waals surface area contributed by atoms with Gasteiger partial charge in [0, 0.05) is 24.4 Å². The summed E-state index contributed by atoms with van der Waals surface area (Å²) in [4.78, 5) is 8.39. The minimum atomic E-state index is 0.754. The quantitative estimate of drug-likeness (QED) is 0.560. The van der Waals surface area contributed by atoms with E-state index in [1.54, 1.807) is 13.2 Å². The third kappa shape index (κ3) is 2.08. The molecular weight excluding hydrogens is 198 g/mol. The van der Waals surface area contributed by atoms with E-state index >= 15 is 0 Å². The summed E-state index contributed by atoms with van der Waals surface area (Å²) in [6.45, 7) is 3.88. The van der Waals surface area contributed by atoms with Crippen LogP contribution in [-0.2, 0) is 0 Å². The number of hydrogen-bond donors (Lipinski definition) is 1. The van der Waals surface area contributed by atoms with E-state index in [9.17, 15) is 0 Å². The van der Waals surface area contributed by atoms with Crippen LogP contribution in [-0.4, -0.2) is 18.7 Å². The van der Waals surface area contributed by atoms with Crippen LogP contribution in [0.5, 0.6) is 0 Å². The zero-order valence-corrected chi connectivity index (χ0v) is 9.14. The van der Waals surface area contributed by atoms with Gasteiger partial charge in [0.2, 0.25) is 0 Å². The smallest absolute Gasteiger partial charge is 0.138 e. The third-order valence-electron chi connectivity index (χ3n) is 2.29. The van der Waals surface area contributed by atoms with E-state index < -0.39 is 0 Å². The molecule has 0 bridgehead atoms. The van der Waals surface area contributed by atoms with Crippen molar-refractivity contribution in [2.24, 2.45) is 9.98 Å². The topological polar surface area (TPSA) is 36.8 Å². The zero-order valence-electron chi connectivity index (χ0n) is 9.14. The van der Waals surface area contributed by atoms with Gasteiger partial charge in [0.15, 0.2) is 0 Å². The van der Waals surface area contributed by atoms with E-state index in [0.29, 0.717) is 0 Å². The summed E-state index contributed by atoms with van der Waals surface area (Å²) >= 11 is 0. The van der Waals surface area contributed by atoms with Gasteiger partial charge >= 0.3 is 0 Å². The van der Waals surface area contributed by atoms with Crippen LogP contribution in [0.25, 0.3) is 0 Å². The van der Waals surface area contributed by atoms with Crippen molar-refractivity contribution >= 4 is 11.7 Å². The normalized spacial score (nSPS) is 15.2. The molecule has 1 N–H and O–H groups in total. The van der Waals surface area contributed by atoms with E-state index in [1.165, 1.54) is 0 Å². The first-order valence-corrected chi connectivity index (χ1v) is 5.04. The molecule has 0 unspecified atom stereocenters. The molecule has 3 nitrogen and oxygen atoms in total. The van der Waals surface area contributed by atoms with Crippen LogP contribution in [0.1, 0.15) is 5.56 Å². The van der Waals surface area contributed by atoms with E-state index in [1.807, 2.05) is 36.4 Å². The first-order chi connectivity index (χ1) is 7.81. The molecule has 1 aliphatic heterocycles. The van der Waals surface area contributed by atoms with Gasteiger partial charge in [-0.2, -0.15) is 0 Å². The zero-order chi connectivity index (χ0) is 11.4. The molecule has 2 rings (SSSR count). The van der Waals surface area contributed by atoms with E-state index in [2.05, 4.69) is 21.9 Å². The minimum absolute atomic E-state index is 0.754. The number of nitrogens with zero attached hydrogens (tertiary/aromatic N) is 2. The maximum absolute atomic E-state index is 4.21. The lowest BCUT2D eigenvalue weighted by Crippen LogP contribution is -2.31. The largest absolute Gasteiger partial charge is 0.324 e. The van der Waals surface area contributed by atoms with Gasteiger partial charge in [0.05, 0.1) is 0 Å². The van der Waals surface area contributed by atoms with Gasteiger partial charge in [0.25, 0.3) is 0 Å². The number of amidine groups is 2. The standard InChI is InChI=1S/C13H13N3/c1-10-8-9-15-12(10)16-13(14-2)11-6-4-3-5-7-11/h3-9H,1H2,2H3,(H,14,15,16). The van der Waals surface area contributed by atoms with Gasteiger partial charge in [0.1, 0.15) is 11.7 Å². The van der Waals surface area contributed by atoms with E-state index in [-0.39, 0.29) is 0 Å². The molecule has 1 aromatic carbocycles. The van der Waals surface area contributed by atoms with Crippen molar-refractivity contribution in [3.63, 3.8) is 0 Å². The molecule has 80 valence electrons. The molecule has 3 heteroatoms. The molecule has 0 radical (unpaired) electrons. The number of nitrogens with one attached hydrogen (secondary N) is 1. The summed E-state index contributed by atoms with van der Waals surface area (Å²) in [6, 6.07) is 9.93. The first-order valence-electron chi connectivity index (χ1n) is 5.04. The summed E-state index contributed by atoms with van der Waals surface area (Å²) in [5, 5.41) is 3.17. The third-order valence-corrected chi connectivity index (χ3v) is 2.29. The van der Waals surface area contributed by atoms with E-state index in [4.69, 9.17) is 0 Å². The van der Waals surface area contributed by atoms with Crippen LogP contribution in [0, 0.1) is 0 Å². The molecule has 16 heavy (non-hydrogen) atoms. The van der Waals surface area contributed by atoms with Gasteiger partial charge in [-0.1, -0.05) is 36.9 Å². The van der Waals surface area contributed by atoms with Gasteiger partial charge in [-0.05, 0) is 6.08 Å². The van der Waals surface area contributed by atoms with Crippen LogP contribution >= 0.6 is 0 Å². The highest BCUT2D eigenvalue weighted by molar-refractivity contribution is 6.16. The predicted molar refractivity (Wildman–Crippen MR) is 67.8 cm³/mol. The fourth-order valence-corrected chi connectivity index (χ4v) is 1.44. The van der Waals surface area contributed by atoms with Crippen LogP contribution in [0.3, 0.4) is 0 Å². The average Bonchev–Trinajstić information content (AvgIpc) is 2.73. The Balaban J connectivity index is 2.18. The highest BCUT2D eigenvalue weighted by Gasteiger charge is 2.09. The van der Waals surface area contributed by atoms with Gasteiger partial charge in [-0.15, -0.1) is 0 Å². The van der Waals surface area contributed by atoms with Crippen molar-refractivity contribution in [2.75, 3.05) is 7.05 Å². The Labute approximate surface area is 94.9 Å². The molecule has 0 aliphatic carbocycles. The minimum Gasteiger partial charge on any atom is -0.324 e. The van der Waals surface area contributed by atoms with Crippen LogP contribution in [0.2, 0.25) is 0 Å². The summed E-state index contributed by atoms with van der Waals surface area (Å²) in [6.07, 6.45) is 3.59. The Kier molecular flexibility index (Phi) is 2.96. The number of rotatable bonds is 1. The number of benzene rings is 1. The number of hydrogen-bond acceptors (Lipinski definition) is 2. The lowest BCUT2D eigenvalue weighted by Gasteiger charge is -2.09. The summed E-state index contributed by atoms with van der Waals surface area (Å²) in [5.41, 5.74) is 1.91. The Hall–Kier alpha value is -2.16. The Bertz CT molecular complexity index is 481. The Morgan fingerprint density at radius 3 is 2.62 bits per heavy atom. The Morgan fingerprint density at radius 2 is 2.06 bits per heavy atom. The molecule has 0 saturated carbocycles. The van der Waals surface area contributed by atoms with Crippen molar-refractivity contribution in [3.8, 4) is 0 Å². The predicted octanol–water partition coefficient (Wildman–Crippen LogP) is 2.13. The summed E-state index contributed by atoms with van der Waals surface area (Å²) in [7, 11) is 1.75. The molecule has 1 aromatic rings. The van der Waals surface area contributed by atoms with Crippen LogP contribution in [0.4, 0.5) is 0 Å². The van der Waals surface area contributed by atoms with Gasteiger partial charge in [-0.25, -0.2) is 4.99 Å². The van der Waals surface area contributed by atoms with Crippen molar-refractivity contribution in [2.45, 2.75) is 0 Å². The molecule has 0 fully saturated rings. The molecule has 1 aliphatic rings. The maximum Gasteiger partial charge on any atom is 0.138 e. The summed E-state index contributed by atoms with van der Waals surface area (Å²) < 4.78 is 0. The fraction of sp³-hybridized carbons (Fsp3) is 0.0769. The second-order valence-electron chi connectivity index (χ2n) is 3.38. The monoisotopic (exact) mass is 211 g/mol. The SMILES string of the molecule is C=C1C=CN=C1NC(=NC)c1ccccc1. The maximum atomic E-state index is 4.21. The van der Waals surface area contributed by atoms with E-state index in [0.717, 1.165) is 22.8 Å². The molecule has 0 spiro atoms. The average molecular weight is 211 g/mol. The highest BCUT2D eigenvalue weighted by Crippen LogP contribution is 2.06. The van der Waals surface area contributed by atoms with Gasteiger partial charge < -0.3 is 5.32 Å². The van der Waals surface area contributed by atoms with Gasteiger partial charge in [-0.3, -0.25) is 4.99 Å². The second kappa shape index (κ2) is 4.57. The lowest BCUT2D eigenvalue weighted by atomic mass is 10.2. The second-order valence-corrected chi connectivity index (χ2v) is 3.38. The molecule has 0 aromatic heterocycles. The fourth-order valence-electron chi connectivity index (χ4n) is 1.44. The Morgan fingerprint density at radius 1 is 1.31 bits per heavy atom. The molecule has 0 saturated heterocycles. The number of aliphatic imine (C=N–C) groups is 2. The van der Waals surface area contributed by atoms with Crippen molar-refractivity contribution in [1.29, 1.82) is 0 Å². The lowest BCUT2D eigenvalue weighted by molar-refractivity contribution is 1.27. The molecule has 0 atom stereocenters. The summed E-state index contributed by atoms with van der Waals surface area (Å²) in [5.74, 6) is 1.55. The van der Waals surface area contributed by atoms with Crippen molar-refractivity contribution in [3.05, 3.63) is 60.3 Å². The molecule has 1 heterocycles. The van der Waals surface area contributed by atoms with Crippen molar-refractivity contribution in [1.82, 2.24) is 5.32 Å². The van der Waals surface area contributed by atoms with Crippen LogP contribution in [0.15, 0.2) is 64.7 Å².